The largest absolute Gasteiger partial charge is 0.507 e. The minimum absolute atomic E-state index is 0.0176. The molecule has 3 aliphatic carbocycles. The van der Waals surface area contributed by atoms with Crippen LogP contribution in [0.25, 0.3) is 0 Å². The van der Waals surface area contributed by atoms with Gasteiger partial charge in [0, 0.05) is 11.8 Å². The fourth-order valence-electron chi connectivity index (χ4n) is 5.94. The average molecular weight is 440 g/mol. The number of nitrogens with two attached hydrogens (primary N) is 1. The summed E-state index contributed by atoms with van der Waals surface area (Å²) in [5, 5.41) is 21.8. The number of aliphatic hydroxyl groups is 1. The van der Waals surface area contributed by atoms with E-state index in [0.717, 1.165) is 0 Å². The van der Waals surface area contributed by atoms with Crippen molar-refractivity contribution in [1.82, 2.24) is 4.90 Å². The van der Waals surface area contributed by atoms with Crippen LogP contribution in [0, 0.1) is 23.7 Å². The van der Waals surface area contributed by atoms with Gasteiger partial charge in [0.2, 0.25) is 5.91 Å². The Bertz CT molecular complexity index is 1090. The van der Waals surface area contributed by atoms with Gasteiger partial charge in [0.05, 0.1) is 17.5 Å². The molecule has 1 aromatic rings. The number of carbonyl (C=O) groups is 5. The molecule has 0 spiro atoms. The molecule has 2 saturated carbocycles. The van der Waals surface area contributed by atoms with Gasteiger partial charge in [-0.25, -0.2) is 0 Å². The van der Waals surface area contributed by atoms with Crippen LogP contribution in [-0.4, -0.2) is 69.9 Å². The molecule has 1 aromatic carbocycles. The molecular weight excluding hydrogens is 416 g/mol. The molecule has 2 fully saturated rings. The maximum absolute atomic E-state index is 13.7. The van der Waals surface area contributed by atoms with Gasteiger partial charge in [-0.15, -0.1) is 6.58 Å². The van der Waals surface area contributed by atoms with E-state index in [9.17, 15) is 34.2 Å². The van der Waals surface area contributed by atoms with Crippen molar-refractivity contribution in [1.29, 1.82) is 0 Å². The number of primary amides is 1. The van der Waals surface area contributed by atoms with Crippen molar-refractivity contribution in [2.45, 2.75) is 24.0 Å². The van der Waals surface area contributed by atoms with Crippen LogP contribution in [0.5, 0.6) is 5.75 Å². The second-order valence-electron chi connectivity index (χ2n) is 8.99. The zero-order valence-corrected chi connectivity index (χ0v) is 17.6. The molecule has 0 aliphatic heterocycles. The van der Waals surface area contributed by atoms with Crippen molar-refractivity contribution in [3.63, 3.8) is 0 Å². The van der Waals surface area contributed by atoms with E-state index in [0.29, 0.717) is 5.56 Å². The minimum atomic E-state index is -2.73. The van der Waals surface area contributed by atoms with E-state index in [1.807, 2.05) is 0 Å². The second kappa shape index (κ2) is 7.18. The Kier molecular flexibility index (Phi) is 4.94. The van der Waals surface area contributed by atoms with Gasteiger partial charge in [-0.3, -0.25) is 28.9 Å². The molecule has 0 saturated heterocycles. The van der Waals surface area contributed by atoms with E-state index in [4.69, 9.17) is 5.73 Å². The molecule has 4 N–H and O–H groups in total. The van der Waals surface area contributed by atoms with Crippen molar-refractivity contribution in [2.24, 2.45) is 29.4 Å². The minimum Gasteiger partial charge on any atom is -0.507 e. The molecule has 0 bridgehead atoms. The molecule has 0 radical (unpaired) electrons. The van der Waals surface area contributed by atoms with Gasteiger partial charge in [0.25, 0.3) is 0 Å². The number of aromatic hydroxyl groups is 1. The van der Waals surface area contributed by atoms with Crippen LogP contribution >= 0.6 is 0 Å². The summed E-state index contributed by atoms with van der Waals surface area (Å²) < 4.78 is 0. The topological polar surface area (TPSA) is 155 Å². The summed E-state index contributed by atoms with van der Waals surface area (Å²) in [5.41, 5.74) is 3.00. The SMILES string of the molecule is C=C[C@H]1c2cccc(O)c2C(=O)C2C(=O)[C@]3(O)C(=O)C(C(N)=O)C(=O)[C@@H](N(C)C)[C@@H]3C[C@@H]21. The molecule has 9 nitrogen and oxygen atoms in total. The third-order valence-corrected chi connectivity index (χ3v) is 7.26. The number of Topliss-reactive ketones (excluding diaryl/α,β-unsaturated/α-hetero) is 4. The number of hydrogen-bond acceptors (Lipinski definition) is 8. The van der Waals surface area contributed by atoms with Crippen molar-refractivity contribution >= 4 is 29.0 Å². The first kappa shape index (κ1) is 22.0. The standard InChI is InChI=1S/C23H24N2O7/c1-4-9-10-6-5-7-13(26)14(10)18(27)15-11(9)8-12-17(25(2)3)19(28)16(22(24)31)21(30)23(12,32)20(15)29/h4-7,9,11-12,15-17,26,32H,1,8H2,2-3H3,(H2,24,31)/t9-,11+,12-,15?,16?,17-,23-/m0/s1. The molecule has 0 aromatic heterocycles. The van der Waals surface area contributed by atoms with E-state index in [1.165, 1.54) is 25.1 Å². The number of rotatable bonds is 3. The Morgan fingerprint density at radius 3 is 2.44 bits per heavy atom. The monoisotopic (exact) mass is 440 g/mol. The first-order chi connectivity index (χ1) is 15.0. The first-order valence-electron chi connectivity index (χ1n) is 10.3. The van der Waals surface area contributed by atoms with Gasteiger partial charge < -0.3 is 15.9 Å². The van der Waals surface area contributed by atoms with Crippen LogP contribution in [-0.2, 0) is 19.2 Å². The predicted molar refractivity (Wildman–Crippen MR) is 111 cm³/mol. The first-order valence-corrected chi connectivity index (χ1v) is 10.3. The molecule has 168 valence electrons. The van der Waals surface area contributed by atoms with Gasteiger partial charge in [0.15, 0.2) is 34.7 Å². The Morgan fingerprint density at radius 1 is 1.22 bits per heavy atom. The number of likely N-dealkylation sites (N-methyl/N-ethyl adjacent to an activating group) is 1. The Balaban J connectivity index is 1.93. The molecule has 1 amide bonds. The lowest BCUT2D eigenvalue weighted by Gasteiger charge is -2.53. The third kappa shape index (κ3) is 2.61. The van der Waals surface area contributed by atoms with Crippen LogP contribution in [0.4, 0.5) is 0 Å². The summed E-state index contributed by atoms with van der Waals surface area (Å²) >= 11 is 0. The molecule has 3 aliphatic rings. The number of ketones is 4. The summed E-state index contributed by atoms with van der Waals surface area (Å²) in [6.45, 7) is 3.82. The fraction of sp³-hybridized carbons (Fsp3) is 0.435. The predicted octanol–water partition coefficient (Wildman–Crippen LogP) is -0.406. The van der Waals surface area contributed by atoms with Crippen molar-refractivity contribution < 1.29 is 34.2 Å². The Labute approximate surface area is 183 Å². The lowest BCUT2D eigenvalue weighted by Crippen LogP contribution is -2.74. The van der Waals surface area contributed by atoms with Gasteiger partial charge in [-0.2, -0.15) is 0 Å². The molecule has 9 heteroatoms. The summed E-state index contributed by atoms with van der Waals surface area (Å²) in [6, 6.07) is 3.42. The van der Waals surface area contributed by atoms with E-state index in [1.54, 1.807) is 18.2 Å². The van der Waals surface area contributed by atoms with Gasteiger partial charge in [-0.1, -0.05) is 18.2 Å². The molecule has 4 rings (SSSR count). The number of allylic oxidation sites excluding steroid dienone is 1. The molecule has 32 heavy (non-hydrogen) atoms. The average Bonchev–Trinajstić information content (AvgIpc) is 2.70. The summed E-state index contributed by atoms with van der Waals surface area (Å²) in [6.07, 6.45) is 1.54. The van der Waals surface area contributed by atoms with Crippen LogP contribution in [0.3, 0.4) is 0 Å². The number of benzene rings is 1. The number of carbonyl (C=O) groups excluding carboxylic acids is 5. The highest BCUT2D eigenvalue weighted by atomic mass is 16.3. The maximum Gasteiger partial charge on any atom is 0.235 e. The number of amides is 1. The number of hydrogen-bond donors (Lipinski definition) is 3. The summed E-state index contributed by atoms with van der Waals surface area (Å²) in [5.74, 6) is -11.2. The van der Waals surface area contributed by atoms with Crippen LogP contribution in [0.2, 0.25) is 0 Å². The highest BCUT2D eigenvalue weighted by Gasteiger charge is 2.70. The quantitative estimate of drug-likeness (QED) is 0.423. The second-order valence-corrected chi connectivity index (χ2v) is 8.99. The summed E-state index contributed by atoms with van der Waals surface area (Å²) in [7, 11) is 3.08. The number of fused-ring (bicyclic) bond motifs is 3. The van der Waals surface area contributed by atoms with Crippen molar-refractivity contribution in [3.05, 3.63) is 42.0 Å². The lowest BCUT2D eigenvalue weighted by molar-refractivity contribution is -0.181. The van der Waals surface area contributed by atoms with Crippen LogP contribution in [0.1, 0.15) is 28.3 Å². The van der Waals surface area contributed by atoms with Crippen molar-refractivity contribution in [3.8, 4) is 5.75 Å². The summed E-state index contributed by atoms with van der Waals surface area (Å²) in [4.78, 5) is 66.6. The van der Waals surface area contributed by atoms with E-state index in [-0.39, 0.29) is 17.7 Å². The molecule has 7 atom stereocenters. The normalized spacial score (nSPS) is 36.4. The number of phenols is 1. The van der Waals surface area contributed by atoms with Crippen LogP contribution in [0.15, 0.2) is 30.9 Å². The third-order valence-electron chi connectivity index (χ3n) is 7.26. The molecule has 2 unspecified atom stereocenters. The van der Waals surface area contributed by atoms with Crippen LogP contribution < -0.4 is 5.73 Å². The molecule has 0 heterocycles. The number of phenolic OH excluding ortho intramolecular Hbond substituents is 1. The van der Waals surface area contributed by atoms with Gasteiger partial charge >= 0.3 is 0 Å². The highest BCUT2D eigenvalue weighted by Crippen LogP contribution is 2.54. The Hall–Kier alpha value is -3.17. The lowest BCUT2D eigenvalue weighted by atomic mass is 9.50. The van der Waals surface area contributed by atoms with Crippen molar-refractivity contribution in [2.75, 3.05) is 14.1 Å². The molecular formula is C23H24N2O7. The smallest absolute Gasteiger partial charge is 0.235 e. The zero-order chi connectivity index (χ0) is 23.7. The maximum atomic E-state index is 13.7. The zero-order valence-electron chi connectivity index (χ0n) is 17.6. The fourth-order valence-corrected chi connectivity index (χ4v) is 5.94. The van der Waals surface area contributed by atoms with Gasteiger partial charge in [-0.05, 0) is 38.1 Å². The number of nitrogens with zero attached hydrogens (tertiary/aromatic N) is 1. The highest BCUT2D eigenvalue weighted by molar-refractivity contribution is 6.32. The van der Waals surface area contributed by atoms with E-state index >= 15 is 0 Å². The Morgan fingerprint density at radius 2 is 1.88 bits per heavy atom. The van der Waals surface area contributed by atoms with E-state index < -0.39 is 70.3 Å². The van der Waals surface area contributed by atoms with E-state index in [2.05, 4.69) is 6.58 Å². The van der Waals surface area contributed by atoms with Gasteiger partial charge in [0.1, 0.15) is 5.75 Å².